The molecule has 68 valence electrons. The van der Waals surface area contributed by atoms with E-state index in [4.69, 9.17) is 5.11 Å². The predicted molar refractivity (Wildman–Crippen MR) is 50.2 cm³/mol. The molecular formula is C8H14N2OS. The second kappa shape index (κ2) is 4.54. The molecule has 0 spiro atoms. The van der Waals surface area contributed by atoms with Gasteiger partial charge in [-0.1, -0.05) is 0 Å². The van der Waals surface area contributed by atoms with Gasteiger partial charge in [-0.05, 0) is 13.8 Å². The van der Waals surface area contributed by atoms with E-state index in [0.29, 0.717) is 0 Å². The second-order valence-corrected chi connectivity index (χ2v) is 4.13. The van der Waals surface area contributed by atoms with Gasteiger partial charge in [0.2, 0.25) is 0 Å². The van der Waals surface area contributed by atoms with Gasteiger partial charge in [-0.2, -0.15) is 0 Å². The lowest BCUT2D eigenvalue weighted by Crippen LogP contribution is -2.28. The van der Waals surface area contributed by atoms with Crippen molar-refractivity contribution in [2.45, 2.75) is 26.4 Å². The Morgan fingerprint density at radius 2 is 2.50 bits per heavy atom. The molecule has 3 nitrogen and oxygen atoms in total. The Hall–Kier alpha value is -0.450. The van der Waals surface area contributed by atoms with Gasteiger partial charge in [-0.25, -0.2) is 4.98 Å². The van der Waals surface area contributed by atoms with Crippen molar-refractivity contribution in [3.05, 3.63) is 16.1 Å². The molecule has 0 amide bonds. The van der Waals surface area contributed by atoms with Crippen LogP contribution in [0.1, 0.15) is 16.8 Å². The molecule has 0 bridgehead atoms. The van der Waals surface area contributed by atoms with E-state index in [2.05, 4.69) is 10.3 Å². The van der Waals surface area contributed by atoms with Gasteiger partial charge in [0.05, 0.1) is 11.6 Å². The number of aliphatic hydroxyl groups excluding tert-OH is 1. The summed E-state index contributed by atoms with van der Waals surface area (Å²) in [5, 5.41) is 13.0. The topological polar surface area (TPSA) is 45.2 Å². The maximum Gasteiger partial charge on any atom is 0.0897 e. The molecule has 1 rings (SSSR count). The minimum atomic E-state index is 0.160. The quantitative estimate of drug-likeness (QED) is 0.735. The molecule has 0 aliphatic carbocycles. The van der Waals surface area contributed by atoms with E-state index in [-0.39, 0.29) is 12.6 Å². The number of aromatic nitrogens is 1. The lowest BCUT2D eigenvalue weighted by Gasteiger charge is -2.08. The van der Waals surface area contributed by atoms with Crippen LogP contribution in [0.15, 0.2) is 6.20 Å². The van der Waals surface area contributed by atoms with Gasteiger partial charge in [0.15, 0.2) is 0 Å². The van der Waals surface area contributed by atoms with E-state index in [1.165, 1.54) is 4.88 Å². The Bertz CT molecular complexity index is 237. The van der Waals surface area contributed by atoms with Gasteiger partial charge < -0.3 is 10.4 Å². The van der Waals surface area contributed by atoms with Crippen molar-refractivity contribution in [3.63, 3.8) is 0 Å². The summed E-state index contributed by atoms with van der Waals surface area (Å²) in [5.74, 6) is 0. The first-order valence-electron chi connectivity index (χ1n) is 3.98. The average Bonchev–Trinajstić information content (AvgIpc) is 2.47. The van der Waals surface area contributed by atoms with Gasteiger partial charge in [0.1, 0.15) is 0 Å². The minimum Gasteiger partial charge on any atom is -0.395 e. The summed E-state index contributed by atoms with van der Waals surface area (Å²) < 4.78 is 0. The van der Waals surface area contributed by atoms with Crippen LogP contribution >= 0.6 is 11.3 Å². The van der Waals surface area contributed by atoms with Crippen molar-refractivity contribution in [1.29, 1.82) is 0 Å². The second-order valence-electron chi connectivity index (χ2n) is 2.81. The summed E-state index contributed by atoms with van der Waals surface area (Å²) in [6, 6.07) is 0.160. The fourth-order valence-electron chi connectivity index (χ4n) is 0.826. The number of hydrogen-bond acceptors (Lipinski definition) is 4. The summed E-state index contributed by atoms with van der Waals surface area (Å²) >= 11 is 1.68. The molecule has 2 N–H and O–H groups in total. The van der Waals surface area contributed by atoms with E-state index in [9.17, 15) is 0 Å². The van der Waals surface area contributed by atoms with Crippen molar-refractivity contribution >= 4 is 11.3 Å². The number of hydrogen-bond donors (Lipinski definition) is 2. The molecule has 0 fully saturated rings. The third-order valence-electron chi connectivity index (χ3n) is 1.57. The lowest BCUT2D eigenvalue weighted by atomic mass is 10.3. The zero-order chi connectivity index (χ0) is 8.97. The van der Waals surface area contributed by atoms with Gasteiger partial charge in [0, 0.05) is 23.7 Å². The third kappa shape index (κ3) is 2.89. The lowest BCUT2D eigenvalue weighted by molar-refractivity contribution is 0.251. The maximum atomic E-state index is 8.74. The number of rotatable bonds is 4. The van der Waals surface area contributed by atoms with Gasteiger partial charge in [-0.3, -0.25) is 0 Å². The molecule has 1 atom stereocenters. The first-order valence-corrected chi connectivity index (χ1v) is 4.79. The Kier molecular flexibility index (Phi) is 3.65. The standard InChI is InChI=1S/C8H14N2OS/c1-6(5-11)9-3-8-4-10-7(2)12-8/h4,6,9,11H,3,5H2,1-2H3. The fraction of sp³-hybridized carbons (Fsp3) is 0.625. The molecule has 1 heterocycles. The van der Waals surface area contributed by atoms with Crippen LogP contribution in [0, 0.1) is 6.92 Å². The summed E-state index contributed by atoms with van der Waals surface area (Å²) in [6.45, 7) is 4.92. The first kappa shape index (κ1) is 9.64. The Morgan fingerprint density at radius 1 is 1.75 bits per heavy atom. The highest BCUT2D eigenvalue weighted by Gasteiger charge is 2.00. The van der Waals surface area contributed by atoms with Crippen molar-refractivity contribution in [2.24, 2.45) is 0 Å². The van der Waals surface area contributed by atoms with Crippen molar-refractivity contribution in [1.82, 2.24) is 10.3 Å². The van der Waals surface area contributed by atoms with Gasteiger partial charge in [0.25, 0.3) is 0 Å². The van der Waals surface area contributed by atoms with E-state index in [1.807, 2.05) is 20.0 Å². The van der Waals surface area contributed by atoms with Crippen LogP contribution in [-0.4, -0.2) is 22.7 Å². The molecule has 1 unspecified atom stereocenters. The Labute approximate surface area is 76.5 Å². The number of nitrogens with one attached hydrogen (secondary N) is 1. The number of thiazole rings is 1. The van der Waals surface area contributed by atoms with Crippen molar-refractivity contribution in [3.8, 4) is 0 Å². The molecular weight excluding hydrogens is 172 g/mol. The van der Waals surface area contributed by atoms with Crippen LogP contribution < -0.4 is 5.32 Å². The molecule has 4 heteroatoms. The Balaban J connectivity index is 2.33. The van der Waals surface area contributed by atoms with Gasteiger partial charge in [-0.15, -0.1) is 11.3 Å². The van der Waals surface area contributed by atoms with E-state index < -0.39 is 0 Å². The summed E-state index contributed by atoms with van der Waals surface area (Å²) in [6.07, 6.45) is 1.87. The van der Waals surface area contributed by atoms with E-state index in [1.54, 1.807) is 11.3 Å². The fourth-order valence-corrected chi connectivity index (χ4v) is 1.57. The van der Waals surface area contributed by atoms with E-state index >= 15 is 0 Å². The zero-order valence-electron chi connectivity index (χ0n) is 7.37. The molecule has 0 aliphatic rings. The normalized spacial score (nSPS) is 13.2. The zero-order valence-corrected chi connectivity index (χ0v) is 8.19. The molecule has 1 aromatic rings. The largest absolute Gasteiger partial charge is 0.395 e. The van der Waals surface area contributed by atoms with Crippen LogP contribution in [0.25, 0.3) is 0 Å². The SMILES string of the molecule is Cc1ncc(CNC(C)CO)s1. The van der Waals surface area contributed by atoms with Crippen LogP contribution in [0.4, 0.5) is 0 Å². The van der Waals surface area contributed by atoms with E-state index in [0.717, 1.165) is 11.6 Å². The molecule has 0 aromatic carbocycles. The van der Waals surface area contributed by atoms with Crippen molar-refractivity contribution < 1.29 is 5.11 Å². The summed E-state index contributed by atoms with van der Waals surface area (Å²) in [5.41, 5.74) is 0. The van der Waals surface area contributed by atoms with Crippen molar-refractivity contribution in [2.75, 3.05) is 6.61 Å². The summed E-state index contributed by atoms with van der Waals surface area (Å²) in [4.78, 5) is 5.35. The number of aryl methyl sites for hydroxylation is 1. The van der Waals surface area contributed by atoms with Crippen LogP contribution in [0.2, 0.25) is 0 Å². The number of nitrogens with zero attached hydrogens (tertiary/aromatic N) is 1. The molecule has 1 aromatic heterocycles. The first-order chi connectivity index (χ1) is 5.72. The maximum absolute atomic E-state index is 8.74. The minimum absolute atomic E-state index is 0.160. The predicted octanol–water partition coefficient (Wildman–Crippen LogP) is 0.922. The molecule has 0 aliphatic heterocycles. The Morgan fingerprint density at radius 3 is 3.00 bits per heavy atom. The van der Waals surface area contributed by atoms with Gasteiger partial charge >= 0.3 is 0 Å². The summed E-state index contributed by atoms with van der Waals surface area (Å²) in [7, 11) is 0. The smallest absolute Gasteiger partial charge is 0.0897 e. The highest BCUT2D eigenvalue weighted by molar-refractivity contribution is 7.11. The molecule has 0 saturated carbocycles. The van der Waals surface area contributed by atoms with Crippen LogP contribution in [-0.2, 0) is 6.54 Å². The van der Waals surface area contributed by atoms with Crippen LogP contribution in [0.5, 0.6) is 0 Å². The average molecular weight is 186 g/mol. The molecule has 0 radical (unpaired) electrons. The number of aliphatic hydroxyl groups is 1. The third-order valence-corrected chi connectivity index (χ3v) is 2.48. The highest BCUT2D eigenvalue weighted by atomic mass is 32.1. The monoisotopic (exact) mass is 186 g/mol. The highest BCUT2D eigenvalue weighted by Crippen LogP contribution is 2.10. The molecule has 12 heavy (non-hydrogen) atoms. The van der Waals surface area contributed by atoms with Crippen LogP contribution in [0.3, 0.4) is 0 Å². The molecule has 0 saturated heterocycles.